The average molecular weight is 392 g/mol. The number of nitrogens with one attached hydrogen (secondary N) is 2. The molecule has 2 N–H and O–H groups in total. The molecule has 0 spiro atoms. The molecule has 28 heavy (non-hydrogen) atoms. The van der Waals surface area contributed by atoms with Crippen LogP contribution in [0, 0.1) is 0 Å². The van der Waals surface area contributed by atoms with E-state index < -0.39 is 11.6 Å². The number of aromatic nitrogens is 2. The number of anilines is 3. The van der Waals surface area contributed by atoms with Crippen LogP contribution < -0.4 is 15.4 Å². The summed E-state index contributed by atoms with van der Waals surface area (Å²) in [5.41, 5.74) is 0.685. The molecule has 7 nitrogen and oxygen atoms in total. The molecule has 0 aliphatic rings. The highest BCUT2D eigenvalue weighted by Gasteiger charge is 2.27. The van der Waals surface area contributed by atoms with Gasteiger partial charge >= 0.3 is 0 Å². The normalized spacial score (nSPS) is 11.0. The monoisotopic (exact) mass is 392 g/mol. The zero-order chi connectivity index (χ0) is 20.7. The van der Waals surface area contributed by atoms with Gasteiger partial charge in [0.2, 0.25) is 5.91 Å². The molecule has 0 aliphatic carbocycles. The third-order valence-electron chi connectivity index (χ3n) is 3.50. The number of nitrogens with zero attached hydrogens (tertiary/aromatic N) is 2. The van der Waals surface area contributed by atoms with Crippen molar-refractivity contribution < 1.29 is 23.0 Å². The third kappa shape index (κ3) is 5.98. The van der Waals surface area contributed by atoms with Crippen molar-refractivity contribution in [2.24, 2.45) is 0 Å². The molecule has 1 amide bonds. The summed E-state index contributed by atoms with van der Waals surface area (Å²) in [6, 6.07) is 4.35. The van der Waals surface area contributed by atoms with Crippen LogP contribution in [0.4, 0.5) is 26.0 Å². The zero-order valence-corrected chi connectivity index (χ0v) is 15.9. The lowest BCUT2D eigenvalue weighted by Crippen LogP contribution is -2.12. The maximum atomic E-state index is 13.8. The van der Waals surface area contributed by atoms with E-state index in [2.05, 4.69) is 27.2 Å². The fourth-order valence-corrected chi connectivity index (χ4v) is 2.25. The van der Waals surface area contributed by atoms with Crippen molar-refractivity contribution in [3.05, 3.63) is 42.4 Å². The molecule has 0 radical (unpaired) electrons. The van der Waals surface area contributed by atoms with Crippen molar-refractivity contribution in [2.45, 2.75) is 19.8 Å². The first-order valence-electron chi connectivity index (χ1n) is 8.42. The summed E-state index contributed by atoms with van der Waals surface area (Å²) in [6.45, 7) is 6.33. The largest absolute Gasteiger partial charge is 0.487 e. The first-order chi connectivity index (χ1) is 13.2. The first kappa shape index (κ1) is 21.2. The van der Waals surface area contributed by atoms with Crippen LogP contribution in [-0.2, 0) is 15.5 Å². The van der Waals surface area contributed by atoms with Crippen LogP contribution in [0.5, 0.6) is 5.75 Å². The molecule has 0 aromatic carbocycles. The van der Waals surface area contributed by atoms with Crippen LogP contribution >= 0.6 is 0 Å². The molecule has 0 atom stereocenters. The Bertz CT molecular complexity index is 854. The number of methoxy groups -OCH3 is 1. The predicted molar refractivity (Wildman–Crippen MR) is 103 cm³/mol. The smallest absolute Gasteiger partial charge is 0.287 e. The summed E-state index contributed by atoms with van der Waals surface area (Å²) in [4.78, 5) is 19.3. The summed E-state index contributed by atoms with van der Waals surface area (Å²) in [6.07, 6.45) is 2.81. The number of carbonyl (C=O) groups excluding carboxylic acids is 1. The van der Waals surface area contributed by atoms with Gasteiger partial charge in [-0.1, -0.05) is 6.58 Å². The lowest BCUT2D eigenvalue weighted by molar-refractivity contribution is -0.114. The molecule has 2 aromatic heterocycles. The van der Waals surface area contributed by atoms with Gasteiger partial charge in [-0.15, -0.1) is 0 Å². The van der Waals surface area contributed by atoms with Gasteiger partial charge < -0.3 is 20.1 Å². The van der Waals surface area contributed by atoms with E-state index in [-0.39, 0.29) is 18.3 Å². The number of ether oxygens (including phenoxy) is 2. The second kappa shape index (κ2) is 9.23. The van der Waals surface area contributed by atoms with E-state index in [9.17, 15) is 13.6 Å². The number of alkyl halides is 2. The van der Waals surface area contributed by atoms with Crippen LogP contribution in [0.2, 0.25) is 0 Å². The first-order valence-corrected chi connectivity index (χ1v) is 8.42. The summed E-state index contributed by atoms with van der Waals surface area (Å²) in [7, 11) is 1.54. The summed E-state index contributed by atoms with van der Waals surface area (Å²) < 4.78 is 38.1. The van der Waals surface area contributed by atoms with Gasteiger partial charge in [-0.25, -0.2) is 9.97 Å². The number of carbonyl (C=O) groups is 1. The molecule has 0 saturated heterocycles. The fraction of sp³-hybridized carbons (Fsp3) is 0.316. The molecular weight excluding hydrogens is 370 g/mol. The van der Waals surface area contributed by atoms with Crippen molar-refractivity contribution in [3.63, 3.8) is 0 Å². The second-order valence-electron chi connectivity index (χ2n) is 5.97. The summed E-state index contributed by atoms with van der Waals surface area (Å²) in [5.74, 6) is -2.76. The van der Waals surface area contributed by atoms with Crippen LogP contribution in [0.3, 0.4) is 0 Å². The highest BCUT2D eigenvalue weighted by molar-refractivity contribution is 5.88. The Labute approximate surface area is 161 Å². The van der Waals surface area contributed by atoms with Crippen molar-refractivity contribution >= 4 is 29.2 Å². The molecular formula is C19H22F2N4O3. The molecule has 150 valence electrons. The number of pyridine rings is 2. The molecule has 0 saturated carbocycles. The maximum Gasteiger partial charge on any atom is 0.287 e. The number of amides is 1. The predicted octanol–water partition coefficient (Wildman–Crippen LogP) is 3.96. The third-order valence-corrected chi connectivity index (χ3v) is 3.50. The van der Waals surface area contributed by atoms with Gasteiger partial charge in [0, 0.05) is 32.7 Å². The summed E-state index contributed by atoms with van der Waals surface area (Å²) in [5, 5.41) is 5.59. The standard InChI is InChI=1S/C19H22F2N4O3/c1-5-13-8-14(9-17(25-13)19(3,20)21)24-15-10-18(23-12(2)26)22-11-16(15)28-7-6-27-4/h5,8-11H,1,6-7H2,2-4H3,(H2,22,23,24,25,26). The number of hydrogen-bond donors (Lipinski definition) is 2. The van der Waals surface area contributed by atoms with Gasteiger partial charge in [0.15, 0.2) is 5.75 Å². The number of hydrogen-bond acceptors (Lipinski definition) is 6. The van der Waals surface area contributed by atoms with Gasteiger partial charge in [-0.05, 0) is 18.2 Å². The van der Waals surface area contributed by atoms with Crippen LogP contribution in [0.15, 0.2) is 31.0 Å². The SMILES string of the molecule is C=Cc1cc(Nc2cc(NC(C)=O)ncc2OCCOC)cc(C(C)(F)F)n1. The average Bonchev–Trinajstić information content (AvgIpc) is 2.62. The maximum absolute atomic E-state index is 13.8. The van der Waals surface area contributed by atoms with E-state index >= 15 is 0 Å². The molecule has 0 bridgehead atoms. The fourth-order valence-electron chi connectivity index (χ4n) is 2.25. The quantitative estimate of drug-likeness (QED) is 0.629. The molecule has 0 unspecified atom stereocenters. The Morgan fingerprint density at radius 2 is 2.07 bits per heavy atom. The van der Waals surface area contributed by atoms with Crippen molar-refractivity contribution in [2.75, 3.05) is 31.0 Å². The zero-order valence-electron chi connectivity index (χ0n) is 15.9. The van der Waals surface area contributed by atoms with Gasteiger partial charge in [-0.2, -0.15) is 8.78 Å². The van der Waals surface area contributed by atoms with Crippen molar-refractivity contribution in [1.29, 1.82) is 0 Å². The van der Waals surface area contributed by atoms with E-state index in [1.54, 1.807) is 19.2 Å². The van der Waals surface area contributed by atoms with Gasteiger partial charge in [0.05, 0.1) is 24.2 Å². The van der Waals surface area contributed by atoms with Gasteiger partial charge in [-0.3, -0.25) is 4.79 Å². The minimum absolute atomic E-state index is 0.263. The molecule has 0 fully saturated rings. The highest BCUT2D eigenvalue weighted by atomic mass is 19.3. The Kier molecular flexibility index (Phi) is 7.00. The molecule has 2 aromatic rings. The van der Waals surface area contributed by atoms with Gasteiger partial charge in [0.25, 0.3) is 5.92 Å². The lowest BCUT2D eigenvalue weighted by atomic mass is 10.2. The number of halogens is 2. The molecule has 2 heterocycles. The van der Waals surface area contributed by atoms with E-state index in [0.29, 0.717) is 29.4 Å². The van der Waals surface area contributed by atoms with E-state index in [1.807, 2.05) is 0 Å². The van der Waals surface area contributed by atoms with Crippen molar-refractivity contribution in [3.8, 4) is 5.75 Å². The number of rotatable bonds is 9. The topological polar surface area (TPSA) is 85.4 Å². The Hall–Kier alpha value is -3.07. The Morgan fingerprint density at radius 3 is 2.68 bits per heavy atom. The van der Waals surface area contributed by atoms with E-state index in [1.165, 1.54) is 25.3 Å². The van der Waals surface area contributed by atoms with Crippen LogP contribution in [0.1, 0.15) is 25.2 Å². The highest BCUT2D eigenvalue weighted by Crippen LogP contribution is 2.32. The van der Waals surface area contributed by atoms with Gasteiger partial charge in [0.1, 0.15) is 18.1 Å². The van der Waals surface area contributed by atoms with E-state index in [4.69, 9.17) is 9.47 Å². The van der Waals surface area contributed by atoms with Crippen LogP contribution in [0.25, 0.3) is 6.08 Å². The molecule has 0 aliphatic heterocycles. The Morgan fingerprint density at radius 1 is 1.32 bits per heavy atom. The molecule has 9 heteroatoms. The van der Waals surface area contributed by atoms with E-state index in [0.717, 1.165) is 6.92 Å². The summed E-state index contributed by atoms with van der Waals surface area (Å²) >= 11 is 0. The lowest BCUT2D eigenvalue weighted by Gasteiger charge is -2.16. The Balaban J connectivity index is 2.41. The second-order valence-corrected chi connectivity index (χ2v) is 5.97. The molecule has 2 rings (SSSR count). The minimum Gasteiger partial charge on any atom is -0.487 e. The van der Waals surface area contributed by atoms with Crippen molar-refractivity contribution in [1.82, 2.24) is 9.97 Å². The van der Waals surface area contributed by atoms with Crippen LogP contribution in [-0.4, -0.2) is 36.2 Å². The minimum atomic E-state index is -3.12.